The van der Waals surface area contributed by atoms with Crippen LogP contribution in [0.25, 0.3) is 11.4 Å². The average molecular weight is 428 g/mol. The van der Waals surface area contributed by atoms with Crippen LogP contribution in [0.5, 0.6) is 0 Å². The number of aromatic nitrogens is 4. The standard InChI is InChI=1S/C21H22FN5O2S/c1-12-20(13(2)26(3)25-12)30(28,29)27-16-8-9-19(27)17-11-23-21(24-18(17)10-16)14-4-6-15(22)7-5-14/h4-7,11,16,19H,8-10H2,1-3H3. The molecule has 1 saturated heterocycles. The molecule has 0 aliphatic carbocycles. The van der Waals surface area contributed by atoms with Gasteiger partial charge in [-0.05, 0) is 51.0 Å². The minimum atomic E-state index is -3.70. The van der Waals surface area contributed by atoms with E-state index in [0.29, 0.717) is 28.5 Å². The molecule has 2 bridgehead atoms. The molecule has 7 nitrogen and oxygen atoms in total. The van der Waals surface area contributed by atoms with Crippen LogP contribution in [0.4, 0.5) is 4.39 Å². The smallest absolute Gasteiger partial charge is 0.247 e. The van der Waals surface area contributed by atoms with E-state index in [1.807, 2.05) is 0 Å². The van der Waals surface area contributed by atoms with Gasteiger partial charge in [-0.3, -0.25) is 4.68 Å². The van der Waals surface area contributed by atoms with Crippen molar-refractivity contribution in [2.24, 2.45) is 7.05 Å². The summed E-state index contributed by atoms with van der Waals surface area (Å²) in [4.78, 5) is 9.48. The van der Waals surface area contributed by atoms with E-state index in [1.165, 1.54) is 12.1 Å². The first-order valence-electron chi connectivity index (χ1n) is 9.93. The monoisotopic (exact) mass is 427 g/mol. The highest BCUT2D eigenvalue weighted by molar-refractivity contribution is 7.89. The molecule has 3 aromatic rings. The first-order valence-corrected chi connectivity index (χ1v) is 11.4. The predicted molar refractivity (Wildman–Crippen MR) is 109 cm³/mol. The molecule has 30 heavy (non-hydrogen) atoms. The minimum Gasteiger partial charge on any atom is -0.271 e. The highest BCUT2D eigenvalue weighted by Gasteiger charge is 2.48. The molecule has 0 N–H and O–H groups in total. The molecule has 4 heterocycles. The Morgan fingerprint density at radius 2 is 1.87 bits per heavy atom. The van der Waals surface area contributed by atoms with Crippen molar-refractivity contribution >= 4 is 10.0 Å². The summed E-state index contributed by atoms with van der Waals surface area (Å²) in [5.74, 6) is 0.222. The molecule has 5 rings (SSSR count). The summed E-state index contributed by atoms with van der Waals surface area (Å²) in [5.41, 5.74) is 3.63. The van der Waals surface area contributed by atoms with Gasteiger partial charge in [0.15, 0.2) is 5.82 Å². The fraction of sp³-hybridized carbons (Fsp3) is 0.381. The van der Waals surface area contributed by atoms with Gasteiger partial charge >= 0.3 is 0 Å². The lowest BCUT2D eigenvalue weighted by Crippen LogP contribution is -2.42. The van der Waals surface area contributed by atoms with Crippen LogP contribution in [0, 0.1) is 19.7 Å². The quantitative estimate of drug-likeness (QED) is 0.642. The Bertz CT molecular complexity index is 1250. The second-order valence-corrected chi connectivity index (χ2v) is 9.79. The maximum Gasteiger partial charge on any atom is 0.247 e. The summed E-state index contributed by atoms with van der Waals surface area (Å²) in [6.07, 6.45) is 3.80. The number of halogens is 1. The predicted octanol–water partition coefficient (Wildman–Crippen LogP) is 3.08. The fourth-order valence-electron chi connectivity index (χ4n) is 4.77. The Hall–Kier alpha value is -2.65. The number of rotatable bonds is 3. The molecule has 1 aromatic carbocycles. The van der Waals surface area contributed by atoms with Crippen molar-refractivity contribution in [3.63, 3.8) is 0 Å². The molecule has 2 aromatic heterocycles. The van der Waals surface area contributed by atoms with Gasteiger partial charge in [-0.25, -0.2) is 22.8 Å². The number of hydrogen-bond donors (Lipinski definition) is 0. The summed E-state index contributed by atoms with van der Waals surface area (Å²) in [7, 11) is -1.94. The van der Waals surface area contributed by atoms with E-state index < -0.39 is 10.0 Å². The van der Waals surface area contributed by atoms with Crippen LogP contribution in [-0.2, 0) is 23.5 Å². The lowest BCUT2D eigenvalue weighted by molar-refractivity contribution is 0.300. The van der Waals surface area contributed by atoms with Crippen LogP contribution in [0.1, 0.15) is 41.5 Å². The SMILES string of the molecule is Cc1nn(C)c(C)c1S(=O)(=O)N1C2CCC1c1cnc(-c3ccc(F)cc3)nc1C2. The van der Waals surface area contributed by atoms with Gasteiger partial charge in [0.1, 0.15) is 10.7 Å². The molecule has 2 aliphatic heterocycles. The molecule has 0 amide bonds. The minimum absolute atomic E-state index is 0.137. The number of fused-ring (bicyclic) bond motifs is 4. The number of hydrogen-bond acceptors (Lipinski definition) is 5. The third-order valence-corrected chi connectivity index (χ3v) is 8.42. The molecule has 0 spiro atoms. The molecular weight excluding hydrogens is 405 g/mol. The molecule has 0 saturated carbocycles. The first kappa shape index (κ1) is 19.3. The van der Waals surface area contributed by atoms with Crippen molar-refractivity contribution in [2.75, 3.05) is 0 Å². The van der Waals surface area contributed by atoms with Crippen LogP contribution in [0.15, 0.2) is 35.4 Å². The van der Waals surface area contributed by atoms with Crippen molar-refractivity contribution in [1.82, 2.24) is 24.1 Å². The second kappa shape index (κ2) is 6.68. The highest BCUT2D eigenvalue weighted by Crippen LogP contribution is 2.46. The van der Waals surface area contributed by atoms with E-state index in [4.69, 9.17) is 4.98 Å². The van der Waals surface area contributed by atoms with Crippen molar-refractivity contribution < 1.29 is 12.8 Å². The van der Waals surface area contributed by atoms with Crippen LogP contribution < -0.4 is 0 Å². The topological polar surface area (TPSA) is 81.0 Å². The Labute approximate surface area is 174 Å². The summed E-state index contributed by atoms with van der Waals surface area (Å²) in [6.45, 7) is 3.52. The molecule has 1 fully saturated rings. The van der Waals surface area contributed by atoms with Crippen molar-refractivity contribution in [3.8, 4) is 11.4 Å². The van der Waals surface area contributed by atoms with Gasteiger partial charge < -0.3 is 0 Å². The van der Waals surface area contributed by atoms with Gasteiger partial charge in [0.2, 0.25) is 10.0 Å². The number of nitrogens with zero attached hydrogens (tertiary/aromatic N) is 5. The van der Waals surface area contributed by atoms with Crippen LogP contribution in [0.2, 0.25) is 0 Å². The number of aryl methyl sites for hydroxylation is 2. The number of sulfonamides is 1. The summed E-state index contributed by atoms with van der Waals surface area (Å²) < 4.78 is 43.7. The van der Waals surface area contributed by atoms with Crippen molar-refractivity contribution in [2.45, 2.75) is 50.1 Å². The lowest BCUT2D eigenvalue weighted by atomic mass is 10.0. The van der Waals surface area contributed by atoms with Crippen LogP contribution in [0.3, 0.4) is 0 Å². The zero-order valence-electron chi connectivity index (χ0n) is 17.0. The summed E-state index contributed by atoms with van der Waals surface area (Å²) >= 11 is 0. The van der Waals surface area contributed by atoms with E-state index in [2.05, 4.69) is 10.1 Å². The average Bonchev–Trinajstić information content (AvgIpc) is 3.17. The Kier molecular flexibility index (Phi) is 4.30. The third kappa shape index (κ3) is 2.79. The first-order chi connectivity index (χ1) is 14.3. The van der Waals surface area contributed by atoms with E-state index in [0.717, 1.165) is 29.7 Å². The molecule has 0 radical (unpaired) electrons. The van der Waals surface area contributed by atoms with Gasteiger partial charge in [0.25, 0.3) is 0 Å². The van der Waals surface area contributed by atoms with Gasteiger partial charge in [-0.1, -0.05) is 0 Å². The Morgan fingerprint density at radius 1 is 1.13 bits per heavy atom. The molecule has 156 valence electrons. The maximum atomic E-state index is 13.6. The zero-order chi connectivity index (χ0) is 21.2. The Morgan fingerprint density at radius 3 is 2.53 bits per heavy atom. The van der Waals surface area contributed by atoms with E-state index in [1.54, 1.807) is 48.2 Å². The van der Waals surface area contributed by atoms with Gasteiger partial charge in [0, 0.05) is 36.8 Å². The van der Waals surface area contributed by atoms with Gasteiger partial charge in [-0.15, -0.1) is 0 Å². The lowest BCUT2D eigenvalue weighted by Gasteiger charge is -2.34. The maximum absolute atomic E-state index is 13.6. The second-order valence-electron chi connectivity index (χ2n) is 8.01. The van der Waals surface area contributed by atoms with E-state index in [9.17, 15) is 12.8 Å². The van der Waals surface area contributed by atoms with Gasteiger partial charge in [-0.2, -0.15) is 9.40 Å². The third-order valence-electron chi connectivity index (χ3n) is 6.21. The largest absolute Gasteiger partial charge is 0.271 e. The summed E-state index contributed by atoms with van der Waals surface area (Å²) in [6, 6.07) is 5.66. The normalized spacial score (nSPS) is 21.1. The van der Waals surface area contributed by atoms with E-state index >= 15 is 0 Å². The Balaban J connectivity index is 1.55. The molecule has 2 atom stereocenters. The zero-order valence-corrected chi connectivity index (χ0v) is 17.8. The van der Waals surface area contributed by atoms with Crippen molar-refractivity contribution in [3.05, 3.63) is 58.9 Å². The molecule has 9 heteroatoms. The van der Waals surface area contributed by atoms with Crippen LogP contribution in [-0.4, -0.2) is 38.5 Å². The van der Waals surface area contributed by atoms with Crippen LogP contribution >= 0.6 is 0 Å². The number of benzene rings is 1. The summed E-state index contributed by atoms with van der Waals surface area (Å²) in [5, 5.41) is 4.30. The van der Waals surface area contributed by atoms with E-state index in [-0.39, 0.29) is 17.9 Å². The molecule has 2 aliphatic rings. The molecule has 2 unspecified atom stereocenters. The molecular formula is C21H22FN5O2S. The van der Waals surface area contributed by atoms with Gasteiger partial charge in [0.05, 0.1) is 23.1 Å². The fourth-order valence-corrected chi connectivity index (χ4v) is 7.03. The highest BCUT2D eigenvalue weighted by atomic mass is 32.2. The van der Waals surface area contributed by atoms with Crippen molar-refractivity contribution in [1.29, 1.82) is 0 Å².